The fourth-order valence-electron chi connectivity index (χ4n) is 3.06. The number of aliphatic hydroxyl groups is 5. The molecule has 0 bridgehead atoms. The molecular weight excluding hydrogens is 368 g/mol. The van der Waals surface area contributed by atoms with Crippen molar-refractivity contribution in [2.45, 2.75) is 94.7 Å². The molecule has 11 heteroatoms. The van der Waals surface area contributed by atoms with E-state index in [4.69, 9.17) is 24.1 Å². The lowest BCUT2D eigenvalue weighted by atomic mass is 9.98. The number of hydrogen-bond acceptors (Lipinski definition) is 10. The molecule has 27 heavy (non-hydrogen) atoms. The molecule has 0 spiro atoms. The van der Waals surface area contributed by atoms with Crippen LogP contribution in [0.5, 0.6) is 0 Å². The third kappa shape index (κ3) is 5.13. The van der Waals surface area contributed by atoms with Gasteiger partial charge in [0.05, 0.1) is 24.7 Å². The van der Waals surface area contributed by atoms with Crippen molar-refractivity contribution in [1.82, 2.24) is 0 Å². The first-order valence-corrected chi connectivity index (χ1v) is 8.76. The molecule has 0 aromatic carbocycles. The van der Waals surface area contributed by atoms with Gasteiger partial charge in [-0.05, 0) is 20.8 Å². The molecule has 0 amide bonds. The number of aliphatic carboxylic acids is 1. The lowest BCUT2D eigenvalue weighted by Crippen LogP contribution is -2.63. The van der Waals surface area contributed by atoms with Crippen molar-refractivity contribution in [3.63, 3.8) is 0 Å². The Hall–Kier alpha value is -0.890. The summed E-state index contributed by atoms with van der Waals surface area (Å²) in [5.41, 5.74) is 0. The highest BCUT2D eigenvalue weighted by molar-refractivity contribution is 5.67. The number of carboxylic acids is 1. The second kappa shape index (κ2) is 9.07. The van der Waals surface area contributed by atoms with Crippen molar-refractivity contribution in [3.8, 4) is 0 Å². The van der Waals surface area contributed by atoms with E-state index in [1.54, 1.807) is 0 Å². The normalized spacial score (nSPS) is 46.8. The van der Waals surface area contributed by atoms with Crippen LogP contribution in [0.4, 0.5) is 0 Å². The fourth-order valence-corrected chi connectivity index (χ4v) is 3.06. The Labute approximate surface area is 156 Å². The first-order valence-electron chi connectivity index (χ1n) is 8.76. The lowest BCUT2D eigenvalue weighted by Gasteiger charge is -2.45. The highest BCUT2D eigenvalue weighted by Gasteiger charge is 2.49. The summed E-state index contributed by atoms with van der Waals surface area (Å²) < 4.78 is 21.9. The Morgan fingerprint density at radius 1 is 0.889 bits per heavy atom. The van der Waals surface area contributed by atoms with E-state index in [2.05, 4.69) is 0 Å². The maximum Gasteiger partial charge on any atom is 0.305 e. The van der Waals surface area contributed by atoms with E-state index >= 15 is 0 Å². The van der Waals surface area contributed by atoms with Crippen LogP contribution in [0.15, 0.2) is 0 Å². The van der Waals surface area contributed by atoms with Gasteiger partial charge in [-0.2, -0.15) is 0 Å². The highest BCUT2D eigenvalue weighted by Crippen LogP contribution is 2.30. The molecule has 2 fully saturated rings. The number of hydrogen-bond donors (Lipinski definition) is 6. The molecule has 0 saturated carbocycles. The van der Waals surface area contributed by atoms with Crippen molar-refractivity contribution >= 4 is 5.97 Å². The van der Waals surface area contributed by atoms with E-state index in [0.29, 0.717) is 0 Å². The molecule has 0 aliphatic carbocycles. The molecule has 6 N–H and O–H groups in total. The zero-order valence-electron chi connectivity index (χ0n) is 15.3. The number of aliphatic hydroxyl groups excluding tert-OH is 5. The van der Waals surface area contributed by atoms with Crippen LogP contribution in [0.3, 0.4) is 0 Å². The molecule has 2 aliphatic rings. The van der Waals surface area contributed by atoms with Crippen LogP contribution in [-0.2, 0) is 23.7 Å². The van der Waals surface area contributed by atoms with Crippen molar-refractivity contribution in [3.05, 3.63) is 0 Å². The summed E-state index contributed by atoms with van der Waals surface area (Å²) in [7, 11) is 0. The van der Waals surface area contributed by atoms with E-state index in [1.807, 2.05) is 0 Å². The minimum Gasteiger partial charge on any atom is -0.481 e. The number of rotatable bonds is 6. The Bertz CT molecular complexity index is 503. The largest absolute Gasteiger partial charge is 0.481 e. The van der Waals surface area contributed by atoms with Gasteiger partial charge in [-0.15, -0.1) is 0 Å². The van der Waals surface area contributed by atoms with Gasteiger partial charge in [0.1, 0.15) is 36.6 Å². The quantitative estimate of drug-likeness (QED) is 0.281. The van der Waals surface area contributed by atoms with Gasteiger partial charge >= 0.3 is 5.97 Å². The highest BCUT2D eigenvalue weighted by atomic mass is 16.8. The average molecular weight is 396 g/mol. The van der Waals surface area contributed by atoms with Gasteiger partial charge in [0.25, 0.3) is 0 Å². The fraction of sp³-hybridized carbons (Fsp3) is 0.938. The van der Waals surface area contributed by atoms with Gasteiger partial charge < -0.3 is 49.6 Å². The minimum atomic E-state index is -1.63. The molecule has 11 nitrogen and oxygen atoms in total. The Morgan fingerprint density at radius 3 is 1.96 bits per heavy atom. The summed E-state index contributed by atoms with van der Waals surface area (Å²) in [5, 5.41) is 59.0. The molecule has 11 atom stereocenters. The van der Waals surface area contributed by atoms with E-state index < -0.39 is 73.5 Å². The topological polar surface area (TPSA) is 175 Å². The molecule has 0 aromatic rings. The van der Waals surface area contributed by atoms with E-state index in [0.717, 1.165) is 0 Å². The van der Waals surface area contributed by atoms with E-state index in [-0.39, 0.29) is 6.42 Å². The van der Waals surface area contributed by atoms with Gasteiger partial charge in [-0.25, -0.2) is 0 Å². The lowest BCUT2D eigenvalue weighted by molar-refractivity contribution is -0.365. The van der Waals surface area contributed by atoms with Crippen LogP contribution >= 0.6 is 0 Å². The van der Waals surface area contributed by atoms with Gasteiger partial charge in [0.2, 0.25) is 0 Å². The summed E-state index contributed by atoms with van der Waals surface area (Å²) in [6.45, 7) is 4.45. The van der Waals surface area contributed by atoms with Crippen LogP contribution < -0.4 is 0 Å². The molecule has 0 aromatic heterocycles. The van der Waals surface area contributed by atoms with Gasteiger partial charge in [-0.3, -0.25) is 4.79 Å². The SMILES string of the molecule is CC(CC(=O)O)O[C@@H]1OC(C)[C@H](O)C(O)C1O[C@@H]1OC(C)[C@H](O)C(O)C1O. The first-order chi connectivity index (χ1) is 12.5. The van der Waals surface area contributed by atoms with Gasteiger partial charge in [-0.1, -0.05) is 0 Å². The van der Waals surface area contributed by atoms with E-state index in [9.17, 15) is 30.3 Å². The molecule has 2 saturated heterocycles. The summed E-state index contributed by atoms with van der Waals surface area (Å²) in [6.07, 6.45) is -14.2. The molecule has 2 heterocycles. The van der Waals surface area contributed by atoms with Crippen LogP contribution in [0.2, 0.25) is 0 Å². The summed E-state index contributed by atoms with van der Waals surface area (Å²) in [4.78, 5) is 10.8. The van der Waals surface area contributed by atoms with E-state index in [1.165, 1.54) is 20.8 Å². The molecule has 0 radical (unpaired) electrons. The van der Waals surface area contributed by atoms with Gasteiger partial charge in [0, 0.05) is 0 Å². The van der Waals surface area contributed by atoms with Gasteiger partial charge in [0.15, 0.2) is 12.6 Å². The molecule has 2 aliphatic heterocycles. The zero-order chi connectivity index (χ0) is 20.5. The zero-order valence-corrected chi connectivity index (χ0v) is 15.3. The standard InChI is InChI=1S/C16H28O11/c1-5(4-8(17)18)24-16-14(12(22)10(20)7(3)26-16)27-15-13(23)11(21)9(19)6(2)25-15/h5-7,9-16,19-23H,4H2,1-3H3,(H,17,18)/t5?,6?,7?,9-,10-,11?,12?,13?,14?,15-,16+/m0/s1. The molecule has 2 rings (SSSR count). The Morgan fingerprint density at radius 2 is 1.41 bits per heavy atom. The summed E-state index contributed by atoms with van der Waals surface area (Å²) in [6, 6.07) is 0. The predicted octanol–water partition coefficient (Wildman–Crippen LogP) is -2.45. The van der Waals surface area contributed by atoms with Crippen molar-refractivity contribution in [2.75, 3.05) is 0 Å². The second-order valence-electron chi connectivity index (χ2n) is 7.02. The molecule has 7 unspecified atom stereocenters. The number of carbonyl (C=O) groups is 1. The maximum atomic E-state index is 10.8. The van der Waals surface area contributed by atoms with Crippen molar-refractivity contribution < 1.29 is 54.4 Å². The minimum absolute atomic E-state index is 0.329. The Balaban J connectivity index is 2.14. The predicted molar refractivity (Wildman–Crippen MR) is 86.4 cm³/mol. The molecular formula is C16H28O11. The summed E-state index contributed by atoms with van der Waals surface area (Å²) >= 11 is 0. The number of ether oxygens (including phenoxy) is 4. The average Bonchev–Trinajstić information content (AvgIpc) is 2.58. The Kier molecular flexibility index (Phi) is 7.53. The van der Waals surface area contributed by atoms with Crippen LogP contribution in [0, 0.1) is 0 Å². The number of carboxylic acid groups (broad SMARTS) is 1. The molecule has 158 valence electrons. The van der Waals surface area contributed by atoms with Crippen LogP contribution in [0.1, 0.15) is 27.2 Å². The monoisotopic (exact) mass is 396 g/mol. The van der Waals surface area contributed by atoms with Crippen LogP contribution in [-0.4, -0.2) is 104 Å². The third-order valence-corrected chi connectivity index (χ3v) is 4.71. The second-order valence-corrected chi connectivity index (χ2v) is 7.02. The van der Waals surface area contributed by atoms with Crippen LogP contribution in [0.25, 0.3) is 0 Å². The maximum absolute atomic E-state index is 10.8. The first kappa shape index (κ1) is 22.4. The summed E-state index contributed by atoms with van der Waals surface area (Å²) in [5.74, 6) is -1.10. The van der Waals surface area contributed by atoms with Crippen molar-refractivity contribution in [2.24, 2.45) is 0 Å². The van der Waals surface area contributed by atoms with Crippen molar-refractivity contribution in [1.29, 1.82) is 0 Å². The smallest absolute Gasteiger partial charge is 0.305 e. The third-order valence-electron chi connectivity index (χ3n) is 4.71.